The summed E-state index contributed by atoms with van der Waals surface area (Å²) in [6.07, 6.45) is 3.58. The number of benzene rings is 1. The third-order valence-electron chi connectivity index (χ3n) is 3.03. The molecule has 3 heteroatoms. The lowest BCUT2D eigenvalue weighted by Gasteiger charge is -1.97. The molecule has 1 aromatic carbocycles. The second kappa shape index (κ2) is 3.70. The highest BCUT2D eigenvalue weighted by atomic mass is 14.9. The van der Waals surface area contributed by atoms with Crippen LogP contribution in [0.1, 0.15) is 11.1 Å². The molecule has 0 fully saturated rings. The first-order chi connectivity index (χ1) is 8.24. The van der Waals surface area contributed by atoms with Crippen molar-refractivity contribution in [3.63, 3.8) is 0 Å². The Morgan fingerprint density at radius 3 is 2.71 bits per heavy atom. The molecule has 0 saturated carbocycles. The summed E-state index contributed by atoms with van der Waals surface area (Å²) in [5.41, 5.74) is 5.64. The summed E-state index contributed by atoms with van der Waals surface area (Å²) in [6, 6.07) is 8.17. The topological polar surface area (TPSA) is 41.6 Å². The Bertz CT molecular complexity index is 630. The van der Waals surface area contributed by atoms with E-state index < -0.39 is 0 Å². The number of nitrogens with zero attached hydrogens (tertiary/aromatic N) is 2. The Balaban J connectivity index is 2.21. The fourth-order valence-corrected chi connectivity index (χ4v) is 1.91. The van der Waals surface area contributed by atoms with Crippen LogP contribution in [0.3, 0.4) is 0 Å². The fourth-order valence-electron chi connectivity index (χ4n) is 1.91. The van der Waals surface area contributed by atoms with Crippen LogP contribution in [0.5, 0.6) is 0 Å². The largest absolute Gasteiger partial charge is 0.338 e. The van der Waals surface area contributed by atoms with Crippen molar-refractivity contribution in [2.75, 3.05) is 0 Å². The maximum absolute atomic E-state index is 4.59. The average molecular weight is 223 g/mol. The number of rotatable bonds is 1. The van der Waals surface area contributed by atoms with E-state index >= 15 is 0 Å². The van der Waals surface area contributed by atoms with Crippen molar-refractivity contribution in [2.24, 2.45) is 0 Å². The van der Waals surface area contributed by atoms with Crippen molar-refractivity contribution >= 4 is 11.0 Å². The lowest BCUT2D eigenvalue weighted by Crippen LogP contribution is -1.80. The first kappa shape index (κ1) is 10.0. The molecule has 0 amide bonds. The molecule has 0 bridgehead atoms. The Labute approximate surface area is 99.5 Å². The molecule has 3 aromatic rings. The minimum atomic E-state index is 0.873. The summed E-state index contributed by atoms with van der Waals surface area (Å²) >= 11 is 0. The molecule has 2 aromatic heterocycles. The lowest BCUT2D eigenvalue weighted by atomic mass is 10.1. The SMILES string of the molecule is Cc1cc2nc(-c3cccnc3)[nH]c2cc1C. The van der Waals surface area contributed by atoms with Crippen LogP contribution in [0.25, 0.3) is 22.4 Å². The molecule has 17 heavy (non-hydrogen) atoms. The van der Waals surface area contributed by atoms with Crippen LogP contribution < -0.4 is 0 Å². The zero-order valence-corrected chi connectivity index (χ0v) is 9.86. The number of aromatic amines is 1. The van der Waals surface area contributed by atoms with Gasteiger partial charge in [-0.1, -0.05) is 0 Å². The van der Waals surface area contributed by atoms with Crippen LogP contribution in [0.2, 0.25) is 0 Å². The molecular weight excluding hydrogens is 210 g/mol. The van der Waals surface area contributed by atoms with E-state index in [9.17, 15) is 0 Å². The summed E-state index contributed by atoms with van der Waals surface area (Å²) < 4.78 is 0. The Hall–Kier alpha value is -2.16. The van der Waals surface area contributed by atoms with E-state index in [-0.39, 0.29) is 0 Å². The molecule has 84 valence electrons. The van der Waals surface area contributed by atoms with E-state index in [0.717, 1.165) is 22.4 Å². The molecule has 0 aliphatic carbocycles. The van der Waals surface area contributed by atoms with E-state index in [1.807, 2.05) is 18.3 Å². The second-order valence-electron chi connectivity index (χ2n) is 4.28. The van der Waals surface area contributed by atoms with E-state index in [1.165, 1.54) is 11.1 Å². The number of hydrogen-bond donors (Lipinski definition) is 1. The highest BCUT2D eigenvalue weighted by molar-refractivity contribution is 5.80. The molecule has 0 aliphatic rings. The minimum Gasteiger partial charge on any atom is -0.338 e. The van der Waals surface area contributed by atoms with Gasteiger partial charge in [-0.15, -0.1) is 0 Å². The van der Waals surface area contributed by atoms with Crippen molar-refractivity contribution in [1.29, 1.82) is 0 Å². The third kappa shape index (κ3) is 1.69. The molecule has 0 unspecified atom stereocenters. The van der Waals surface area contributed by atoms with Gasteiger partial charge in [-0.3, -0.25) is 4.98 Å². The maximum Gasteiger partial charge on any atom is 0.140 e. The number of pyridine rings is 1. The quantitative estimate of drug-likeness (QED) is 0.688. The van der Waals surface area contributed by atoms with Gasteiger partial charge >= 0.3 is 0 Å². The van der Waals surface area contributed by atoms with Crippen molar-refractivity contribution in [2.45, 2.75) is 13.8 Å². The molecule has 0 radical (unpaired) electrons. The minimum absolute atomic E-state index is 0.873. The number of imidazole rings is 1. The molecule has 1 N–H and O–H groups in total. The van der Waals surface area contributed by atoms with E-state index in [1.54, 1.807) is 6.20 Å². The van der Waals surface area contributed by atoms with Crippen molar-refractivity contribution in [1.82, 2.24) is 15.0 Å². The van der Waals surface area contributed by atoms with Crippen molar-refractivity contribution in [3.8, 4) is 11.4 Å². The predicted molar refractivity (Wildman–Crippen MR) is 68.8 cm³/mol. The van der Waals surface area contributed by atoms with Gasteiger partial charge in [-0.05, 0) is 49.2 Å². The summed E-state index contributed by atoms with van der Waals surface area (Å²) in [4.78, 5) is 12.0. The van der Waals surface area contributed by atoms with Crippen molar-refractivity contribution in [3.05, 3.63) is 47.8 Å². The smallest absolute Gasteiger partial charge is 0.140 e. The standard InChI is InChI=1S/C14H13N3/c1-9-6-12-13(7-10(9)2)17-14(16-12)11-4-3-5-15-8-11/h3-8H,1-2H3,(H,16,17). The van der Waals surface area contributed by atoms with Gasteiger partial charge in [0.15, 0.2) is 0 Å². The van der Waals surface area contributed by atoms with Gasteiger partial charge in [-0.25, -0.2) is 4.98 Å². The van der Waals surface area contributed by atoms with E-state index in [2.05, 4.69) is 40.9 Å². The van der Waals surface area contributed by atoms with Gasteiger partial charge in [0.1, 0.15) is 5.82 Å². The molecular formula is C14H13N3. The molecule has 0 spiro atoms. The normalized spacial score (nSPS) is 10.9. The molecule has 3 rings (SSSR count). The Morgan fingerprint density at radius 2 is 1.94 bits per heavy atom. The van der Waals surface area contributed by atoms with Crippen LogP contribution in [0, 0.1) is 13.8 Å². The summed E-state index contributed by atoms with van der Waals surface area (Å²) in [7, 11) is 0. The van der Waals surface area contributed by atoms with Crippen LogP contribution in [-0.2, 0) is 0 Å². The molecule has 0 atom stereocenters. The Morgan fingerprint density at radius 1 is 1.12 bits per heavy atom. The van der Waals surface area contributed by atoms with Gasteiger partial charge in [0.05, 0.1) is 11.0 Å². The molecule has 2 heterocycles. The number of nitrogens with one attached hydrogen (secondary N) is 1. The highest BCUT2D eigenvalue weighted by Crippen LogP contribution is 2.22. The summed E-state index contributed by atoms with van der Waals surface area (Å²) in [5, 5.41) is 0. The Kier molecular flexibility index (Phi) is 2.18. The monoisotopic (exact) mass is 223 g/mol. The first-order valence-electron chi connectivity index (χ1n) is 5.61. The van der Waals surface area contributed by atoms with Crippen molar-refractivity contribution < 1.29 is 0 Å². The molecule has 0 aliphatic heterocycles. The molecule has 3 nitrogen and oxygen atoms in total. The number of fused-ring (bicyclic) bond motifs is 1. The number of hydrogen-bond acceptors (Lipinski definition) is 2. The highest BCUT2D eigenvalue weighted by Gasteiger charge is 2.06. The van der Waals surface area contributed by atoms with Gasteiger partial charge in [0.2, 0.25) is 0 Å². The van der Waals surface area contributed by atoms with Crippen LogP contribution in [0.4, 0.5) is 0 Å². The first-order valence-corrected chi connectivity index (χ1v) is 5.61. The molecule has 0 saturated heterocycles. The zero-order valence-electron chi connectivity index (χ0n) is 9.86. The van der Waals surface area contributed by atoms with Gasteiger partial charge in [-0.2, -0.15) is 0 Å². The van der Waals surface area contributed by atoms with Gasteiger partial charge in [0.25, 0.3) is 0 Å². The second-order valence-corrected chi connectivity index (χ2v) is 4.28. The van der Waals surface area contributed by atoms with Gasteiger partial charge < -0.3 is 4.98 Å². The number of H-pyrrole nitrogens is 1. The van der Waals surface area contributed by atoms with Gasteiger partial charge in [0, 0.05) is 18.0 Å². The summed E-state index contributed by atoms with van der Waals surface area (Å²) in [6.45, 7) is 4.21. The van der Waals surface area contributed by atoms with Crippen LogP contribution >= 0.6 is 0 Å². The maximum atomic E-state index is 4.59. The lowest BCUT2D eigenvalue weighted by molar-refractivity contribution is 1.27. The summed E-state index contributed by atoms with van der Waals surface area (Å²) in [5.74, 6) is 0.873. The number of aryl methyl sites for hydroxylation is 2. The van der Waals surface area contributed by atoms with E-state index in [4.69, 9.17) is 0 Å². The fraction of sp³-hybridized carbons (Fsp3) is 0.143. The van der Waals surface area contributed by atoms with E-state index in [0.29, 0.717) is 0 Å². The third-order valence-corrected chi connectivity index (χ3v) is 3.03. The average Bonchev–Trinajstić information content (AvgIpc) is 2.74. The predicted octanol–water partition coefficient (Wildman–Crippen LogP) is 3.24. The van der Waals surface area contributed by atoms with Crippen LogP contribution in [-0.4, -0.2) is 15.0 Å². The number of aromatic nitrogens is 3. The van der Waals surface area contributed by atoms with Crippen LogP contribution in [0.15, 0.2) is 36.7 Å². The zero-order chi connectivity index (χ0) is 11.8.